The van der Waals surface area contributed by atoms with Crippen LogP contribution in [0, 0.1) is 0 Å². The summed E-state index contributed by atoms with van der Waals surface area (Å²) in [6.07, 6.45) is 0. The molecule has 2 nitrogen and oxygen atoms in total. The van der Waals surface area contributed by atoms with E-state index < -0.39 is 0 Å². The van der Waals surface area contributed by atoms with Crippen LogP contribution in [0.25, 0.3) is 132 Å². The Morgan fingerprint density at radius 2 is 0.456 bits per heavy atom. The van der Waals surface area contributed by atoms with Gasteiger partial charge in [-0.3, -0.25) is 0 Å². The Kier molecular flexibility index (Phi) is 8.62. The summed E-state index contributed by atoms with van der Waals surface area (Å²) >= 11 is 0. The van der Waals surface area contributed by atoms with Gasteiger partial charge in [0.15, 0.2) is 0 Å². The Morgan fingerprint density at radius 3 is 0.868 bits per heavy atom. The Hall–Kier alpha value is -8.98. The molecule has 0 aliphatic heterocycles. The van der Waals surface area contributed by atoms with E-state index in [4.69, 9.17) is 0 Å². The third kappa shape index (κ3) is 6.05. The largest absolute Gasteiger partial charge is 0.309 e. The molecule has 0 spiro atoms. The predicted molar refractivity (Wildman–Crippen MR) is 289 cm³/mol. The van der Waals surface area contributed by atoms with Gasteiger partial charge in [0.05, 0.1) is 22.1 Å². The Morgan fingerprint density at radius 1 is 0.162 bits per heavy atom. The first-order chi connectivity index (χ1) is 33.7. The highest BCUT2D eigenvalue weighted by Crippen LogP contribution is 2.42. The Labute approximate surface area is 393 Å². The second kappa shape index (κ2) is 15.3. The number of benzene rings is 12. The fourth-order valence-corrected chi connectivity index (χ4v) is 11.1. The van der Waals surface area contributed by atoms with Gasteiger partial charge in [-0.25, -0.2) is 0 Å². The molecule has 0 bridgehead atoms. The number of fused-ring (bicyclic) bond motifs is 12. The summed E-state index contributed by atoms with van der Waals surface area (Å²) in [6.45, 7) is 0. The van der Waals surface area contributed by atoms with Gasteiger partial charge in [0.1, 0.15) is 0 Å². The minimum Gasteiger partial charge on any atom is -0.309 e. The molecule has 0 unspecified atom stereocenters. The van der Waals surface area contributed by atoms with E-state index in [1.165, 1.54) is 132 Å². The minimum absolute atomic E-state index is 1.17. The summed E-state index contributed by atoms with van der Waals surface area (Å²) in [7, 11) is 0. The molecule has 0 saturated heterocycles. The zero-order valence-corrected chi connectivity index (χ0v) is 37.1. The number of rotatable bonds is 6. The van der Waals surface area contributed by atoms with E-state index >= 15 is 0 Å². The van der Waals surface area contributed by atoms with Crippen LogP contribution in [0.4, 0.5) is 0 Å². The molecule has 12 aromatic carbocycles. The quantitative estimate of drug-likeness (QED) is 0.147. The molecule has 14 aromatic rings. The second-order valence-electron chi connectivity index (χ2n) is 18.1. The van der Waals surface area contributed by atoms with Crippen LogP contribution in [0.1, 0.15) is 0 Å². The maximum absolute atomic E-state index is 2.40. The van der Waals surface area contributed by atoms with Crippen LogP contribution in [0.5, 0.6) is 0 Å². The maximum atomic E-state index is 2.40. The monoisotopic (exact) mass is 862 g/mol. The van der Waals surface area contributed by atoms with Crippen LogP contribution in [0.3, 0.4) is 0 Å². The van der Waals surface area contributed by atoms with Crippen molar-refractivity contribution >= 4 is 75.9 Å². The third-order valence-corrected chi connectivity index (χ3v) is 14.3. The highest BCUT2D eigenvalue weighted by atomic mass is 15.0. The molecule has 0 saturated carbocycles. The lowest BCUT2D eigenvalue weighted by Gasteiger charge is -2.14. The van der Waals surface area contributed by atoms with Crippen LogP contribution in [0.2, 0.25) is 0 Å². The fraction of sp³-hybridized carbons (Fsp3) is 0. The van der Waals surface area contributed by atoms with Crippen molar-refractivity contribution in [1.29, 1.82) is 0 Å². The molecule has 0 radical (unpaired) electrons. The molecule has 2 heterocycles. The summed E-state index contributed by atoms with van der Waals surface area (Å²) in [6, 6.07) is 93.8. The van der Waals surface area contributed by atoms with E-state index in [1.54, 1.807) is 0 Å². The maximum Gasteiger partial charge on any atom is 0.0547 e. The lowest BCUT2D eigenvalue weighted by atomic mass is 9.89. The summed E-state index contributed by atoms with van der Waals surface area (Å²) in [4.78, 5) is 0. The molecular weight excluding hydrogens is 821 g/mol. The van der Waals surface area contributed by atoms with Crippen LogP contribution < -0.4 is 0 Å². The van der Waals surface area contributed by atoms with Crippen LogP contribution in [-0.2, 0) is 0 Å². The third-order valence-electron chi connectivity index (χ3n) is 14.3. The van der Waals surface area contributed by atoms with Crippen molar-refractivity contribution < 1.29 is 0 Å². The summed E-state index contributed by atoms with van der Waals surface area (Å²) in [5.41, 5.74) is 16.8. The van der Waals surface area contributed by atoms with Crippen LogP contribution >= 0.6 is 0 Å². The van der Waals surface area contributed by atoms with Crippen molar-refractivity contribution in [3.05, 3.63) is 255 Å². The number of nitrogens with zero attached hydrogens (tertiary/aromatic N) is 2. The lowest BCUT2D eigenvalue weighted by Crippen LogP contribution is -1.93. The Bertz CT molecular complexity index is 4010. The van der Waals surface area contributed by atoms with Gasteiger partial charge in [0, 0.05) is 32.9 Å². The van der Waals surface area contributed by atoms with Gasteiger partial charge < -0.3 is 9.13 Å². The van der Waals surface area contributed by atoms with E-state index in [1.807, 2.05) is 0 Å². The molecule has 68 heavy (non-hydrogen) atoms. The van der Waals surface area contributed by atoms with Crippen molar-refractivity contribution in [2.45, 2.75) is 0 Å². The SMILES string of the molecule is c1ccc(-n2c3ccccc3c3ccc(-c4cccc(-c5ccc6c7ccc(-c8cccc(-c9ccc%10c%11ccccc%11n(-c%11ccccc%11)c%10c9)c8)cc7c7ccccc7c6c5)c4)cc32)cc1. The molecule has 316 valence electrons. The zero-order chi connectivity index (χ0) is 44.7. The van der Waals surface area contributed by atoms with E-state index in [0.29, 0.717) is 0 Å². The summed E-state index contributed by atoms with van der Waals surface area (Å²) in [5, 5.41) is 12.6. The fourth-order valence-electron chi connectivity index (χ4n) is 11.1. The average Bonchev–Trinajstić information content (AvgIpc) is 3.93. The van der Waals surface area contributed by atoms with E-state index in [9.17, 15) is 0 Å². The second-order valence-corrected chi connectivity index (χ2v) is 18.1. The first-order valence-corrected chi connectivity index (χ1v) is 23.5. The van der Waals surface area contributed by atoms with Crippen molar-refractivity contribution in [3.63, 3.8) is 0 Å². The first-order valence-electron chi connectivity index (χ1n) is 23.5. The Balaban J connectivity index is 0.845. The molecule has 0 N–H and O–H groups in total. The van der Waals surface area contributed by atoms with E-state index in [0.717, 1.165) is 0 Å². The topological polar surface area (TPSA) is 9.86 Å². The zero-order valence-electron chi connectivity index (χ0n) is 37.1. The lowest BCUT2D eigenvalue weighted by molar-refractivity contribution is 1.18. The number of aromatic nitrogens is 2. The highest BCUT2D eigenvalue weighted by molar-refractivity contribution is 6.26. The van der Waals surface area contributed by atoms with Gasteiger partial charge in [0.2, 0.25) is 0 Å². The van der Waals surface area contributed by atoms with Gasteiger partial charge in [-0.2, -0.15) is 0 Å². The van der Waals surface area contributed by atoms with E-state index in [-0.39, 0.29) is 0 Å². The van der Waals surface area contributed by atoms with Gasteiger partial charge in [0.25, 0.3) is 0 Å². The smallest absolute Gasteiger partial charge is 0.0547 e. The van der Waals surface area contributed by atoms with Gasteiger partial charge >= 0.3 is 0 Å². The molecule has 2 heteroatoms. The normalized spacial score (nSPS) is 11.8. The predicted octanol–water partition coefficient (Wildman–Crippen LogP) is 18.0. The van der Waals surface area contributed by atoms with Gasteiger partial charge in [-0.15, -0.1) is 0 Å². The minimum atomic E-state index is 1.17. The van der Waals surface area contributed by atoms with Gasteiger partial charge in [-0.05, 0) is 150 Å². The molecule has 0 atom stereocenters. The van der Waals surface area contributed by atoms with Crippen molar-refractivity contribution in [2.24, 2.45) is 0 Å². The summed E-state index contributed by atoms with van der Waals surface area (Å²) < 4.78 is 4.79. The number of para-hydroxylation sites is 4. The van der Waals surface area contributed by atoms with Crippen molar-refractivity contribution in [2.75, 3.05) is 0 Å². The first kappa shape index (κ1) is 38.3. The van der Waals surface area contributed by atoms with Crippen LogP contribution in [-0.4, -0.2) is 9.13 Å². The highest BCUT2D eigenvalue weighted by Gasteiger charge is 2.17. The number of hydrogen-bond donors (Lipinski definition) is 0. The average molecular weight is 863 g/mol. The van der Waals surface area contributed by atoms with Crippen molar-refractivity contribution in [3.8, 4) is 55.9 Å². The van der Waals surface area contributed by atoms with Gasteiger partial charge in [-0.1, -0.05) is 182 Å². The molecule has 0 fully saturated rings. The molecule has 0 amide bonds. The van der Waals surface area contributed by atoms with Crippen molar-refractivity contribution in [1.82, 2.24) is 9.13 Å². The van der Waals surface area contributed by atoms with E-state index in [2.05, 4.69) is 264 Å². The van der Waals surface area contributed by atoms with Crippen LogP contribution in [0.15, 0.2) is 255 Å². The molecular formula is C66H42N2. The number of hydrogen-bond acceptors (Lipinski definition) is 0. The molecule has 0 aliphatic carbocycles. The summed E-state index contributed by atoms with van der Waals surface area (Å²) in [5.74, 6) is 0. The molecule has 14 rings (SSSR count). The standard InChI is InChI=1S/C66H42N2/c1-3-19-51(20-4-1)67-63-27-11-9-25-57(63)59-35-31-49(41-65(59)67)45-17-13-15-43(37-45)47-29-33-55-56-34-30-48(40-62(56)54-24-8-7-23-53(54)61(55)39-47)44-16-14-18-46(38-44)50-32-36-60-58-26-10-12-28-64(58)68(66(60)42-50)52-21-5-2-6-22-52/h1-42H. The molecule has 0 aliphatic rings. The molecule has 2 aromatic heterocycles.